The summed E-state index contributed by atoms with van der Waals surface area (Å²) in [4.78, 5) is 11.5. The Morgan fingerprint density at radius 2 is 2.19 bits per heavy atom. The molecule has 0 radical (unpaired) electrons. The molecule has 2 rings (SSSR count). The van der Waals surface area contributed by atoms with Gasteiger partial charge in [0.1, 0.15) is 0 Å². The molecule has 0 atom stereocenters. The Morgan fingerprint density at radius 3 is 2.71 bits per heavy atom. The Labute approximate surface area is 124 Å². The van der Waals surface area contributed by atoms with Gasteiger partial charge in [-0.15, -0.1) is 0 Å². The van der Waals surface area contributed by atoms with Crippen molar-refractivity contribution < 1.29 is 17.9 Å². The summed E-state index contributed by atoms with van der Waals surface area (Å²) in [6, 6.07) is 0. The van der Waals surface area contributed by atoms with E-state index in [1.807, 2.05) is 0 Å². The first-order valence-electron chi connectivity index (χ1n) is 6.72. The Bertz CT molecular complexity index is 564. The molecule has 1 aliphatic rings. The van der Waals surface area contributed by atoms with Crippen LogP contribution in [0, 0.1) is 5.92 Å². The molecule has 1 aliphatic heterocycles. The lowest BCUT2D eigenvalue weighted by Gasteiger charge is -2.32. The number of ether oxygens (including phenoxy) is 1. The lowest BCUT2D eigenvalue weighted by atomic mass is 9.99. The average Bonchev–Trinajstić information content (AvgIpc) is 2.99. The first-order chi connectivity index (χ1) is 9.95. The van der Waals surface area contributed by atoms with Crippen LogP contribution in [0.15, 0.2) is 12.4 Å². The second-order valence-electron chi connectivity index (χ2n) is 5.07. The summed E-state index contributed by atoms with van der Waals surface area (Å²) < 4.78 is 32.3. The standard InChI is InChI=1S/C12H20N4O4S/c1-15(9-10-7-13-14-8-10)21(18,19)16-5-3-11(4-6-16)12(17)20-2/h7-8,11H,3-6,9H2,1-2H3,(H,13,14). The van der Waals surface area contributed by atoms with Crippen LogP contribution >= 0.6 is 0 Å². The Kier molecular flexibility index (Phi) is 4.96. The summed E-state index contributed by atoms with van der Waals surface area (Å²) in [6.07, 6.45) is 4.24. The van der Waals surface area contributed by atoms with E-state index in [2.05, 4.69) is 10.2 Å². The molecule has 8 nitrogen and oxygen atoms in total. The fraction of sp³-hybridized carbons (Fsp3) is 0.667. The second-order valence-corrected chi connectivity index (χ2v) is 7.10. The highest BCUT2D eigenvalue weighted by Gasteiger charge is 2.33. The molecule has 2 heterocycles. The number of hydrogen-bond donors (Lipinski definition) is 1. The summed E-state index contributed by atoms with van der Waals surface area (Å²) in [5.41, 5.74) is 0.797. The van der Waals surface area contributed by atoms with E-state index in [0.29, 0.717) is 25.9 Å². The zero-order valence-corrected chi connectivity index (χ0v) is 13.0. The van der Waals surface area contributed by atoms with Gasteiger partial charge in [0.15, 0.2) is 0 Å². The number of esters is 1. The first-order valence-corrected chi connectivity index (χ1v) is 8.11. The van der Waals surface area contributed by atoms with Crippen molar-refractivity contribution >= 4 is 16.2 Å². The van der Waals surface area contributed by atoms with E-state index < -0.39 is 10.2 Å². The minimum absolute atomic E-state index is 0.208. The molecular weight excluding hydrogens is 296 g/mol. The van der Waals surface area contributed by atoms with E-state index in [9.17, 15) is 13.2 Å². The molecule has 1 aromatic rings. The van der Waals surface area contributed by atoms with Crippen molar-refractivity contribution in [2.75, 3.05) is 27.2 Å². The lowest BCUT2D eigenvalue weighted by Crippen LogP contribution is -2.46. The topological polar surface area (TPSA) is 95.6 Å². The highest BCUT2D eigenvalue weighted by molar-refractivity contribution is 7.86. The van der Waals surface area contributed by atoms with Gasteiger partial charge in [0, 0.05) is 38.4 Å². The van der Waals surface area contributed by atoms with Gasteiger partial charge in [-0.2, -0.15) is 22.1 Å². The Hall–Kier alpha value is -1.45. The molecule has 0 aliphatic carbocycles. The monoisotopic (exact) mass is 316 g/mol. The van der Waals surface area contributed by atoms with E-state index in [1.165, 1.54) is 22.8 Å². The summed E-state index contributed by atoms with van der Waals surface area (Å²) in [5.74, 6) is -0.473. The molecule has 0 aromatic carbocycles. The van der Waals surface area contributed by atoms with Crippen molar-refractivity contribution in [1.82, 2.24) is 18.8 Å². The lowest BCUT2D eigenvalue weighted by molar-refractivity contribution is -0.146. The molecule has 0 amide bonds. The zero-order chi connectivity index (χ0) is 15.5. The van der Waals surface area contributed by atoms with Crippen LogP contribution in [-0.2, 0) is 26.3 Å². The van der Waals surface area contributed by atoms with Crippen LogP contribution in [0.4, 0.5) is 0 Å². The molecular formula is C12H20N4O4S. The quantitative estimate of drug-likeness (QED) is 0.770. The smallest absolute Gasteiger partial charge is 0.308 e. The molecule has 9 heteroatoms. The van der Waals surface area contributed by atoms with E-state index in [4.69, 9.17) is 4.74 Å². The van der Waals surface area contributed by atoms with Crippen LogP contribution in [0.3, 0.4) is 0 Å². The molecule has 0 unspecified atom stereocenters. The summed E-state index contributed by atoms with van der Waals surface area (Å²) in [6.45, 7) is 0.922. The average molecular weight is 316 g/mol. The number of carbonyl (C=O) groups is 1. The number of nitrogens with zero attached hydrogens (tertiary/aromatic N) is 3. The van der Waals surface area contributed by atoms with Crippen molar-refractivity contribution in [3.05, 3.63) is 18.0 Å². The maximum atomic E-state index is 12.5. The maximum Gasteiger partial charge on any atom is 0.308 e. The van der Waals surface area contributed by atoms with E-state index >= 15 is 0 Å². The minimum atomic E-state index is -3.52. The van der Waals surface area contributed by atoms with Crippen molar-refractivity contribution in [3.63, 3.8) is 0 Å². The van der Waals surface area contributed by atoms with E-state index in [0.717, 1.165) is 5.56 Å². The van der Waals surface area contributed by atoms with Gasteiger partial charge in [-0.25, -0.2) is 0 Å². The van der Waals surface area contributed by atoms with Crippen molar-refractivity contribution in [2.24, 2.45) is 5.92 Å². The molecule has 118 valence electrons. The fourth-order valence-electron chi connectivity index (χ4n) is 2.39. The van der Waals surface area contributed by atoms with E-state index in [-0.39, 0.29) is 18.4 Å². The maximum absolute atomic E-state index is 12.5. The van der Waals surface area contributed by atoms with Crippen LogP contribution in [0.5, 0.6) is 0 Å². The number of piperidine rings is 1. The number of aromatic amines is 1. The van der Waals surface area contributed by atoms with E-state index in [1.54, 1.807) is 12.4 Å². The van der Waals surface area contributed by atoms with Gasteiger partial charge >= 0.3 is 5.97 Å². The molecule has 1 fully saturated rings. The zero-order valence-electron chi connectivity index (χ0n) is 12.2. The number of hydrogen-bond acceptors (Lipinski definition) is 5. The van der Waals surface area contributed by atoms with Crippen molar-refractivity contribution in [3.8, 4) is 0 Å². The Balaban J connectivity index is 1.96. The summed E-state index contributed by atoms with van der Waals surface area (Å²) in [5, 5.41) is 6.45. The molecule has 0 bridgehead atoms. The van der Waals surface area contributed by atoms with Gasteiger partial charge < -0.3 is 4.74 Å². The van der Waals surface area contributed by atoms with Crippen LogP contribution in [0.25, 0.3) is 0 Å². The summed E-state index contributed by atoms with van der Waals surface area (Å²) in [7, 11) is -0.633. The second kappa shape index (κ2) is 6.54. The van der Waals surface area contributed by atoms with Crippen LogP contribution in [0.1, 0.15) is 18.4 Å². The highest BCUT2D eigenvalue weighted by Crippen LogP contribution is 2.22. The third-order valence-corrected chi connectivity index (χ3v) is 5.60. The molecule has 0 spiro atoms. The number of carbonyl (C=O) groups excluding carboxylic acids is 1. The highest BCUT2D eigenvalue weighted by atomic mass is 32.2. The van der Waals surface area contributed by atoms with Crippen LogP contribution in [-0.4, -0.2) is 60.4 Å². The third kappa shape index (κ3) is 3.60. The van der Waals surface area contributed by atoms with Crippen LogP contribution in [0.2, 0.25) is 0 Å². The number of rotatable bonds is 5. The predicted octanol–water partition coefficient (Wildman–Crippen LogP) is -0.0287. The third-order valence-electron chi connectivity index (χ3n) is 3.67. The fourth-order valence-corrected chi connectivity index (χ4v) is 3.77. The predicted molar refractivity (Wildman–Crippen MR) is 75.3 cm³/mol. The Morgan fingerprint density at radius 1 is 1.52 bits per heavy atom. The minimum Gasteiger partial charge on any atom is -0.469 e. The van der Waals surface area contributed by atoms with Gasteiger partial charge in [-0.05, 0) is 12.8 Å². The van der Waals surface area contributed by atoms with Gasteiger partial charge in [0.05, 0.1) is 19.2 Å². The molecule has 1 aromatic heterocycles. The molecule has 21 heavy (non-hydrogen) atoms. The van der Waals surface area contributed by atoms with Gasteiger partial charge in [-0.1, -0.05) is 0 Å². The SMILES string of the molecule is COC(=O)C1CCN(S(=O)(=O)N(C)Cc2cn[nH]c2)CC1. The van der Waals surface area contributed by atoms with Crippen molar-refractivity contribution in [1.29, 1.82) is 0 Å². The molecule has 0 saturated carbocycles. The normalized spacial score (nSPS) is 18.0. The largest absolute Gasteiger partial charge is 0.469 e. The van der Waals surface area contributed by atoms with Gasteiger partial charge in [0.2, 0.25) is 0 Å². The van der Waals surface area contributed by atoms with Gasteiger partial charge in [-0.3, -0.25) is 9.89 Å². The summed E-state index contributed by atoms with van der Waals surface area (Å²) >= 11 is 0. The number of H-pyrrole nitrogens is 1. The first kappa shape index (κ1) is 15.9. The van der Waals surface area contributed by atoms with Gasteiger partial charge in [0.25, 0.3) is 10.2 Å². The van der Waals surface area contributed by atoms with Crippen molar-refractivity contribution in [2.45, 2.75) is 19.4 Å². The number of methoxy groups -OCH3 is 1. The number of nitrogens with one attached hydrogen (secondary N) is 1. The van der Waals surface area contributed by atoms with Crippen LogP contribution < -0.4 is 0 Å². The molecule has 1 saturated heterocycles. The molecule has 1 N–H and O–H groups in total. The number of aromatic nitrogens is 2.